The minimum atomic E-state index is -0.179. The van der Waals surface area contributed by atoms with Crippen LogP contribution in [0.1, 0.15) is 21.6 Å². The summed E-state index contributed by atoms with van der Waals surface area (Å²) < 4.78 is 2.45. The van der Waals surface area contributed by atoms with Gasteiger partial charge in [0.2, 0.25) is 0 Å². The lowest BCUT2D eigenvalue weighted by Crippen LogP contribution is -2.17. The topological polar surface area (TPSA) is 88.0 Å². The highest BCUT2D eigenvalue weighted by Gasteiger charge is 2.17. The van der Waals surface area contributed by atoms with E-state index in [0.29, 0.717) is 11.3 Å². The highest BCUT2D eigenvalue weighted by atomic mass is 79.9. The second kappa shape index (κ2) is 5.41. The van der Waals surface area contributed by atoms with Gasteiger partial charge in [0.1, 0.15) is 4.60 Å². The molecule has 0 spiro atoms. The van der Waals surface area contributed by atoms with Gasteiger partial charge in [-0.05, 0) is 59.6 Å². The summed E-state index contributed by atoms with van der Waals surface area (Å²) in [5.74, 6) is -0.179. The van der Waals surface area contributed by atoms with Crippen molar-refractivity contribution in [1.82, 2.24) is 25.0 Å². The Balaban J connectivity index is 1.74. The minimum absolute atomic E-state index is 0.179. The number of aromatic nitrogens is 5. The van der Waals surface area contributed by atoms with Gasteiger partial charge in [0.05, 0.1) is 28.5 Å². The van der Waals surface area contributed by atoms with Crippen LogP contribution in [-0.2, 0) is 0 Å². The van der Waals surface area contributed by atoms with Gasteiger partial charge >= 0.3 is 0 Å². The Morgan fingerprint density at radius 2 is 2.12 bits per heavy atom. The van der Waals surface area contributed by atoms with Crippen LogP contribution in [0.15, 0.2) is 35.1 Å². The zero-order valence-electron chi connectivity index (χ0n) is 13.0. The van der Waals surface area contributed by atoms with Crippen LogP contribution in [-0.4, -0.2) is 30.9 Å². The quantitative estimate of drug-likeness (QED) is 0.555. The number of benzene rings is 1. The lowest BCUT2D eigenvalue weighted by atomic mass is 10.1. The third-order valence-corrected chi connectivity index (χ3v) is 4.61. The highest BCUT2D eigenvalue weighted by molar-refractivity contribution is 9.10. The number of aromatic amines is 1. The van der Waals surface area contributed by atoms with Crippen LogP contribution >= 0.6 is 15.9 Å². The molecule has 0 radical (unpaired) electrons. The molecule has 7 nitrogen and oxygen atoms in total. The van der Waals surface area contributed by atoms with Crippen LogP contribution in [0.3, 0.4) is 0 Å². The van der Waals surface area contributed by atoms with Gasteiger partial charge in [-0.1, -0.05) is 5.21 Å². The molecule has 0 atom stereocenters. The third-order valence-electron chi connectivity index (χ3n) is 4.01. The summed E-state index contributed by atoms with van der Waals surface area (Å²) in [6.07, 6.45) is 1.67. The summed E-state index contributed by atoms with van der Waals surface area (Å²) in [6.45, 7) is 3.77. The second-order valence-corrected chi connectivity index (χ2v) is 6.38. The fourth-order valence-electron chi connectivity index (χ4n) is 2.88. The van der Waals surface area contributed by atoms with Crippen molar-refractivity contribution in [3.05, 3.63) is 51.9 Å². The Kier molecular flexibility index (Phi) is 3.34. The number of halogens is 1. The van der Waals surface area contributed by atoms with Crippen LogP contribution in [0, 0.1) is 13.8 Å². The fourth-order valence-corrected chi connectivity index (χ4v) is 3.29. The van der Waals surface area contributed by atoms with E-state index in [4.69, 9.17) is 0 Å². The van der Waals surface area contributed by atoms with Crippen molar-refractivity contribution in [2.75, 3.05) is 5.32 Å². The van der Waals surface area contributed by atoms with Gasteiger partial charge in [-0.15, -0.1) is 5.10 Å². The number of H-pyrrole nitrogens is 1. The summed E-state index contributed by atoms with van der Waals surface area (Å²) in [5, 5.41) is 18.8. The van der Waals surface area contributed by atoms with Gasteiger partial charge in [-0.25, -0.2) is 4.52 Å². The average molecular weight is 385 g/mol. The van der Waals surface area contributed by atoms with E-state index in [1.165, 1.54) is 0 Å². The van der Waals surface area contributed by atoms with Crippen molar-refractivity contribution in [3.8, 4) is 0 Å². The number of anilines is 1. The number of fused-ring (bicyclic) bond motifs is 2. The molecule has 0 unspecified atom stereocenters. The Hall–Kier alpha value is -2.74. The second-order valence-electron chi connectivity index (χ2n) is 5.58. The zero-order chi connectivity index (χ0) is 16.8. The summed E-state index contributed by atoms with van der Waals surface area (Å²) in [7, 11) is 0. The standard InChI is InChI=1S/C16H13BrN6O/c1-8-5-11-7-18-22-23(11)9(2)14(8)16(24)19-10-3-4-13-12(6-10)15(17)21-20-13/h3-7H,1-2H3,(H,19,24)(H,20,21). The molecule has 0 fully saturated rings. The number of carbonyl (C=O) groups excluding carboxylic acids is 1. The van der Waals surface area contributed by atoms with Crippen LogP contribution in [0.2, 0.25) is 0 Å². The number of amides is 1. The van der Waals surface area contributed by atoms with E-state index >= 15 is 0 Å². The molecule has 0 bridgehead atoms. The van der Waals surface area contributed by atoms with Crippen molar-refractivity contribution in [2.45, 2.75) is 13.8 Å². The molecule has 8 heteroatoms. The van der Waals surface area contributed by atoms with Crippen molar-refractivity contribution in [3.63, 3.8) is 0 Å². The predicted molar refractivity (Wildman–Crippen MR) is 94.2 cm³/mol. The number of nitrogens with one attached hydrogen (secondary N) is 2. The first-order chi connectivity index (χ1) is 11.5. The molecule has 0 aliphatic heterocycles. The maximum atomic E-state index is 12.8. The van der Waals surface area contributed by atoms with Crippen molar-refractivity contribution >= 4 is 43.9 Å². The molecule has 3 aromatic heterocycles. The molecule has 0 aliphatic carbocycles. The van der Waals surface area contributed by atoms with Crippen LogP contribution < -0.4 is 5.32 Å². The Labute approximate surface area is 145 Å². The molecule has 0 saturated heterocycles. The molecule has 2 N–H and O–H groups in total. The SMILES string of the molecule is Cc1cc2cnnn2c(C)c1C(=O)Nc1ccc2n[nH]c(Br)c2c1. The van der Waals surface area contributed by atoms with Gasteiger partial charge in [-0.3, -0.25) is 9.89 Å². The van der Waals surface area contributed by atoms with Crippen molar-refractivity contribution in [1.29, 1.82) is 0 Å². The van der Waals surface area contributed by atoms with E-state index in [0.717, 1.165) is 32.3 Å². The van der Waals surface area contributed by atoms with Gasteiger partial charge in [0.25, 0.3) is 5.91 Å². The first-order valence-corrected chi connectivity index (χ1v) is 8.09. The zero-order valence-corrected chi connectivity index (χ0v) is 14.5. The van der Waals surface area contributed by atoms with Crippen molar-refractivity contribution < 1.29 is 4.79 Å². The molecular formula is C16H13BrN6O. The highest BCUT2D eigenvalue weighted by Crippen LogP contribution is 2.25. The molecule has 0 saturated carbocycles. The number of nitrogens with zero attached hydrogens (tertiary/aromatic N) is 4. The fraction of sp³-hybridized carbons (Fsp3) is 0.125. The lowest BCUT2D eigenvalue weighted by molar-refractivity contribution is 0.102. The number of rotatable bonds is 2. The van der Waals surface area contributed by atoms with Gasteiger partial charge < -0.3 is 5.32 Å². The van der Waals surface area contributed by atoms with Crippen LogP contribution in [0.4, 0.5) is 5.69 Å². The predicted octanol–water partition coefficient (Wildman–Crippen LogP) is 3.24. The van der Waals surface area contributed by atoms with E-state index in [1.807, 2.05) is 38.1 Å². The molecule has 4 aromatic rings. The maximum absolute atomic E-state index is 12.8. The molecule has 120 valence electrons. The number of aryl methyl sites for hydroxylation is 2. The smallest absolute Gasteiger partial charge is 0.257 e. The van der Waals surface area contributed by atoms with Crippen molar-refractivity contribution in [2.24, 2.45) is 0 Å². The Morgan fingerprint density at radius 1 is 1.29 bits per heavy atom. The monoisotopic (exact) mass is 384 g/mol. The average Bonchev–Trinajstić information content (AvgIpc) is 3.15. The van der Waals surface area contributed by atoms with E-state index < -0.39 is 0 Å². The van der Waals surface area contributed by atoms with Gasteiger partial charge in [-0.2, -0.15) is 5.10 Å². The van der Waals surface area contributed by atoms with Gasteiger partial charge in [0, 0.05) is 11.1 Å². The van der Waals surface area contributed by atoms with E-state index in [-0.39, 0.29) is 5.91 Å². The molecule has 4 rings (SSSR count). The molecule has 3 heterocycles. The molecule has 0 aliphatic rings. The Bertz CT molecular complexity index is 1100. The van der Waals surface area contributed by atoms with Gasteiger partial charge in [0.15, 0.2) is 0 Å². The number of hydrogen-bond acceptors (Lipinski definition) is 4. The lowest BCUT2D eigenvalue weighted by Gasteiger charge is -2.12. The minimum Gasteiger partial charge on any atom is -0.322 e. The summed E-state index contributed by atoms with van der Waals surface area (Å²) in [5.41, 5.74) is 4.63. The number of pyridine rings is 1. The largest absolute Gasteiger partial charge is 0.322 e. The summed E-state index contributed by atoms with van der Waals surface area (Å²) in [4.78, 5) is 12.8. The van der Waals surface area contributed by atoms with E-state index in [2.05, 4.69) is 41.8 Å². The van der Waals surface area contributed by atoms with E-state index in [9.17, 15) is 4.79 Å². The van der Waals surface area contributed by atoms with E-state index in [1.54, 1.807) is 10.7 Å². The maximum Gasteiger partial charge on any atom is 0.257 e. The Morgan fingerprint density at radius 3 is 2.96 bits per heavy atom. The number of hydrogen-bond donors (Lipinski definition) is 2. The molecular weight excluding hydrogens is 372 g/mol. The molecule has 24 heavy (non-hydrogen) atoms. The van der Waals surface area contributed by atoms with Crippen LogP contribution in [0.25, 0.3) is 16.4 Å². The first-order valence-electron chi connectivity index (χ1n) is 7.30. The van der Waals surface area contributed by atoms with Crippen LogP contribution in [0.5, 0.6) is 0 Å². The summed E-state index contributed by atoms with van der Waals surface area (Å²) >= 11 is 3.41. The first kappa shape index (κ1) is 14.8. The molecule has 1 aromatic carbocycles. The molecule has 1 amide bonds. The normalized spacial score (nSPS) is 11.3. The number of carbonyl (C=O) groups is 1. The summed E-state index contributed by atoms with van der Waals surface area (Å²) in [6, 6.07) is 7.45. The third kappa shape index (κ3) is 2.26.